The Bertz CT molecular complexity index is 284. The van der Waals surface area contributed by atoms with Gasteiger partial charge in [0.2, 0.25) is 0 Å². The van der Waals surface area contributed by atoms with E-state index in [1.54, 1.807) is 19.0 Å². The topological polar surface area (TPSA) is 44.8 Å². The third-order valence-electron chi connectivity index (χ3n) is 3.50. The number of hydrogen-bond acceptors (Lipinski definition) is 3. The molecule has 1 rings (SSSR count). The molecule has 19 heavy (non-hydrogen) atoms. The summed E-state index contributed by atoms with van der Waals surface area (Å²) < 4.78 is 5.68. The van der Waals surface area contributed by atoms with Gasteiger partial charge in [0.25, 0.3) is 0 Å². The second-order valence-corrected chi connectivity index (χ2v) is 6.01. The Hall–Kier alpha value is -0.810. The van der Waals surface area contributed by atoms with Crippen LogP contribution in [0.5, 0.6) is 0 Å². The summed E-state index contributed by atoms with van der Waals surface area (Å²) in [6.07, 6.45) is 2.03. The second-order valence-electron chi connectivity index (χ2n) is 6.01. The Morgan fingerprint density at radius 3 is 2.42 bits per heavy atom. The van der Waals surface area contributed by atoms with E-state index in [0.29, 0.717) is 6.04 Å². The van der Waals surface area contributed by atoms with Gasteiger partial charge in [-0.25, -0.2) is 4.79 Å². The lowest BCUT2D eigenvalue weighted by Gasteiger charge is -2.35. The molecule has 112 valence electrons. The fraction of sp³-hybridized carbons (Fsp3) is 0.929. The fourth-order valence-corrected chi connectivity index (χ4v) is 2.39. The smallest absolute Gasteiger partial charge is 0.319 e. The van der Waals surface area contributed by atoms with Crippen LogP contribution in [0.2, 0.25) is 0 Å². The number of nitrogens with one attached hydrogen (secondary N) is 1. The van der Waals surface area contributed by atoms with Crippen LogP contribution in [-0.4, -0.2) is 67.8 Å². The quantitative estimate of drug-likeness (QED) is 0.825. The predicted molar refractivity (Wildman–Crippen MR) is 77.4 cm³/mol. The van der Waals surface area contributed by atoms with Gasteiger partial charge in [0.1, 0.15) is 0 Å². The van der Waals surface area contributed by atoms with Crippen LogP contribution in [0.15, 0.2) is 0 Å². The van der Waals surface area contributed by atoms with Crippen molar-refractivity contribution in [2.24, 2.45) is 0 Å². The maximum atomic E-state index is 11.8. The van der Waals surface area contributed by atoms with Crippen LogP contribution in [0.4, 0.5) is 4.79 Å². The lowest BCUT2D eigenvalue weighted by molar-refractivity contribution is -0.0118. The largest absolute Gasteiger partial charge is 0.375 e. The normalized spacial score (nSPS) is 17.6. The van der Waals surface area contributed by atoms with Crippen molar-refractivity contribution in [2.75, 3.05) is 40.3 Å². The van der Waals surface area contributed by atoms with Gasteiger partial charge in [0.05, 0.1) is 5.60 Å². The zero-order chi connectivity index (χ0) is 14.5. The Morgan fingerprint density at radius 1 is 1.37 bits per heavy atom. The van der Waals surface area contributed by atoms with E-state index in [2.05, 4.69) is 19.2 Å². The standard InChI is InChI=1S/C14H29N3O2/c1-6-19-14(2,3)11-15-12-7-9-17(10-8-12)13(18)16(4)5/h12,15H,6-11H2,1-5H3. The molecule has 1 N–H and O–H groups in total. The van der Waals surface area contributed by atoms with Crippen molar-refractivity contribution in [1.82, 2.24) is 15.1 Å². The summed E-state index contributed by atoms with van der Waals surface area (Å²) in [5.41, 5.74) is -0.120. The molecule has 0 atom stereocenters. The van der Waals surface area contributed by atoms with Gasteiger partial charge < -0.3 is 19.9 Å². The Morgan fingerprint density at radius 2 is 1.95 bits per heavy atom. The van der Waals surface area contributed by atoms with Crippen molar-refractivity contribution in [1.29, 1.82) is 0 Å². The molecule has 0 saturated carbocycles. The number of ether oxygens (including phenoxy) is 1. The van der Waals surface area contributed by atoms with E-state index in [0.717, 1.165) is 39.1 Å². The number of piperidine rings is 1. The molecule has 1 aliphatic rings. The number of rotatable bonds is 5. The van der Waals surface area contributed by atoms with Crippen LogP contribution in [0.1, 0.15) is 33.6 Å². The van der Waals surface area contributed by atoms with Crippen LogP contribution >= 0.6 is 0 Å². The zero-order valence-electron chi connectivity index (χ0n) is 13.0. The van der Waals surface area contributed by atoms with E-state index in [4.69, 9.17) is 4.74 Å². The number of amides is 2. The van der Waals surface area contributed by atoms with E-state index in [1.165, 1.54) is 0 Å². The van der Waals surface area contributed by atoms with Gasteiger partial charge in [-0.1, -0.05) is 0 Å². The van der Waals surface area contributed by atoms with E-state index in [1.807, 2.05) is 11.8 Å². The third-order valence-corrected chi connectivity index (χ3v) is 3.50. The van der Waals surface area contributed by atoms with Crippen molar-refractivity contribution < 1.29 is 9.53 Å². The molecule has 0 radical (unpaired) electrons. The maximum Gasteiger partial charge on any atom is 0.319 e. The second kappa shape index (κ2) is 7.10. The summed E-state index contributed by atoms with van der Waals surface area (Å²) in [6, 6.07) is 0.610. The molecule has 0 aliphatic carbocycles. The molecule has 0 bridgehead atoms. The highest BCUT2D eigenvalue weighted by atomic mass is 16.5. The molecule has 5 nitrogen and oxygen atoms in total. The average molecular weight is 271 g/mol. The summed E-state index contributed by atoms with van der Waals surface area (Å²) in [5.74, 6) is 0. The first-order valence-electron chi connectivity index (χ1n) is 7.19. The lowest BCUT2D eigenvalue weighted by Crippen LogP contribution is -2.50. The first kappa shape index (κ1) is 16.2. The highest BCUT2D eigenvalue weighted by molar-refractivity contribution is 5.73. The summed E-state index contributed by atoms with van der Waals surface area (Å²) in [4.78, 5) is 15.4. The molecule has 1 saturated heterocycles. The van der Waals surface area contributed by atoms with Gasteiger partial charge in [-0.05, 0) is 33.6 Å². The van der Waals surface area contributed by atoms with Crippen molar-refractivity contribution >= 4 is 6.03 Å². The third kappa shape index (κ3) is 5.37. The van der Waals surface area contributed by atoms with Gasteiger partial charge in [0, 0.05) is 46.4 Å². The average Bonchev–Trinajstić information content (AvgIpc) is 2.36. The number of carbonyl (C=O) groups is 1. The highest BCUT2D eigenvalue weighted by Gasteiger charge is 2.25. The minimum atomic E-state index is -0.120. The van der Waals surface area contributed by atoms with Gasteiger partial charge >= 0.3 is 6.03 Å². The van der Waals surface area contributed by atoms with Crippen molar-refractivity contribution in [2.45, 2.75) is 45.3 Å². The molecular formula is C14H29N3O2. The van der Waals surface area contributed by atoms with Crippen LogP contribution in [0, 0.1) is 0 Å². The van der Waals surface area contributed by atoms with E-state index >= 15 is 0 Å². The van der Waals surface area contributed by atoms with Gasteiger partial charge in [-0.3, -0.25) is 0 Å². The first-order chi connectivity index (χ1) is 8.85. The molecule has 0 unspecified atom stereocenters. The van der Waals surface area contributed by atoms with Crippen molar-refractivity contribution in [3.8, 4) is 0 Å². The molecule has 0 aromatic heterocycles. The molecule has 1 heterocycles. The van der Waals surface area contributed by atoms with Gasteiger partial charge in [-0.15, -0.1) is 0 Å². The van der Waals surface area contributed by atoms with E-state index in [-0.39, 0.29) is 11.6 Å². The molecule has 1 fully saturated rings. The number of nitrogens with zero attached hydrogens (tertiary/aromatic N) is 2. The molecule has 0 aromatic rings. The summed E-state index contributed by atoms with van der Waals surface area (Å²) >= 11 is 0. The molecular weight excluding hydrogens is 242 g/mol. The Kier molecular flexibility index (Phi) is 6.07. The molecule has 1 aliphatic heterocycles. The molecule has 5 heteroatoms. The number of urea groups is 1. The SMILES string of the molecule is CCOC(C)(C)CNC1CCN(C(=O)N(C)C)CC1. The monoisotopic (exact) mass is 271 g/mol. The van der Waals surface area contributed by atoms with Crippen molar-refractivity contribution in [3.05, 3.63) is 0 Å². The maximum absolute atomic E-state index is 11.8. The van der Waals surface area contributed by atoms with Crippen LogP contribution in [0.25, 0.3) is 0 Å². The molecule has 0 spiro atoms. The molecule has 0 aromatic carbocycles. The highest BCUT2D eigenvalue weighted by Crippen LogP contribution is 2.14. The number of likely N-dealkylation sites (tertiary alicyclic amines) is 1. The minimum absolute atomic E-state index is 0.119. The van der Waals surface area contributed by atoms with E-state index in [9.17, 15) is 4.79 Å². The first-order valence-corrected chi connectivity index (χ1v) is 7.19. The van der Waals surface area contributed by atoms with Crippen LogP contribution in [0.3, 0.4) is 0 Å². The van der Waals surface area contributed by atoms with Gasteiger partial charge in [0.15, 0.2) is 0 Å². The fourth-order valence-electron chi connectivity index (χ4n) is 2.39. The Balaban J connectivity index is 2.29. The Labute approximate surface area is 117 Å². The lowest BCUT2D eigenvalue weighted by atomic mass is 10.0. The van der Waals surface area contributed by atoms with Crippen molar-refractivity contribution in [3.63, 3.8) is 0 Å². The zero-order valence-corrected chi connectivity index (χ0v) is 13.0. The van der Waals surface area contributed by atoms with E-state index < -0.39 is 0 Å². The summed E-state index contributed by atoms with van der Waals surface area (Å²) in [6.45, 7) is 9.50. The van der Waals surface area contributed by atoms with Crippen LogP contribution < -0.4 is 5.32 Å². The van der Waals surface area contributed by atoms with Gasteiger partial charge in [-0.2, -0.15) is 0 Å². The number of hydrogen-bond donors (Lipinski definition) is 1. The predicted octanol–water partition coefficient (Wildman–Crippen LogP) is 1.54. The summed E-state index contributed by atoms with van der Waals surface area (Å²) in [5, 5.41) is 3.56. The minimum Gasteiger partial charge on any atom is -0.375 e. The molecule has 2 amide bonds. The number of carbonyl (C=O) groups excluding carboxylic acids is 1. The van der Waals surface area contributed by atoms with Crippen LogP contribution in [-0.2, 0) is 4.74 Å². The summed E-state index contributed by atoms with van der Waals surface area (Å²) in [7, 11) is 3.61.